The van der Waals surface area contributed by atoms with E-state index >= 15 is 0 Å². The lowest BCUT2D eigenvalue weighted by molar-refractivity contribution is 0.0984. The summed E-state index contributed by atoms with van der Waals surface area (Å²) in [7, 11) is 0. The molecule has 0 aromatic heterocycles. The molecule has 2 aromatic carbocycles. The van der Waals surface area contributed by atoms with Gasteiger partial charge in [0.05, 0.1) is 5.56 Å². The van der Waals surface area contributed by atoms with Crippen LogP contribution in [0.2, 0.25) is 0 Å². The van der Waals surface area contributed by atoms with E-state index in [4.69, 9.17) is 5.73 Å². The maximum absolute atomic E-state index is 14.2. The van der Waals surface area contributed by atoms with Crippen LogP contribution in [0.1, 0.15) is 28.4 Å². The number of carbonyl (C=O) groups excluding carboxylic acids is 1. The fraction of sp³-hybridized carbons (Fsp3) is 0.235. The van der Waals surface area contributed by atoms with Gasteiger partial charge in [-0.2, -0.15) is 0 Å². The Bertz CT molecular complexity index is 665. The summed E-state index contributed by atoms with van der Waals surface area (Å²) in [6, 6.07) is 10.5. The molecule has 0 bridgehead atoms. The Morgan fingerprint density at radius 2 is 1.81 bits per heavy atom. The van der Waals surface area contributed by atoms with Gasteiger partial charge in [-0.1, -0.05) is 17.7 Å². The quantitative estimate of drug-likeness (QED) is 0.875. The summed E-state index contributed by atoms with van der Waals surface area (Å²) >= 11 is 0. The molecule has 2 aromatic rings. The van der Waals surface area contributed by atoms with Gasteiger partial charge in [0.1, 0.15) is 5.82 Å². The Balaban J connectivity index is 2.44. The molecule has 2 N–H and O–H groups in total. The number of amides is 1. The molecule has 0 aliphatic heterocycles. The highest BCUT2D eigenvalue weighted by Gasteiger charge is 2.21. The molecule has 110 valence electrons. The fourth-order valence-corrected chi connectivity index (χ4v) is 2.27. The van der Waals surface area contributed by atoms with Gasteiger partial charge in [0.15, 0.2) is 0 Å². The normalized spacial score (nSPS) is 10.5. The molecular formula is C17H19FN2O. The first-order valence-corrected chi connectivity index (χ1v) is 6.88. The molecule has 0 spiro atoms. The summed E-state index contributed by atoms with van der Waals surface area (Å²) in [5, 5.41) is 0. The van der Waals surface area contributed by atoms with Crippen molar-refractivity contribution < 1.29 is 9.18 Å². The highest BCUT2D eigenvalue weighted by Crippen LogP contribution is 2.22. The van der Waals surface area contributed by atoms with Crippen molar-refractivity contribution in [2.24, 2.45) is 0 Å². The first-order valence-electron chi connectivity index (χ1n) is 6.88. The first kappa shape index (κ1) is 15.0. The molecule has 3 nitrogen and oxygen atoms in total. The topological polar surface area (TPSA) is 46.3 Å². The molecule has 4 heteroatoms. The monoisotopic (exact) mass is 286 g/mol. The van der Waals surface area contributed by atoms with E-state index in [-0.39, 0.29) is 11.5 Å². The number of halogens is 1. The average molecular weight is 286 g/mol. The number of anilines is 2. The van der Waals surface area contributed by atoms with Crippen molar-refractivity contribution in [1.29, 1.82) is 0 Å². The SMILES string of the molecule is CCN(C(=O)c1cc(N)cc(C)c1F)c1ccc(C)cc1. The molecule has 21 heavy (non-hydrogen) atoms. The van der Waals surface area contributed by atoms with E-state index in [2.05, 4.69) is 0 Å². The van der Waals surface area contributed by atoms with Gasteiger partial charge in [-0.15, -0.1) is 0 Å². The van der Waals surface area contributed by atoms with Crippen LogP contribution in [0.15, 0.2) is 36.4 Å². The summed E-state index contributed by atoms with van der Waals surface area (Å²) in [5.74, 6) is -0.894. The van der Waals surface area contributed by atoms with Crippen molar-refractivity contribution >= 4 is 17.3 Å². The van der Waals surface area contributed by atoms with E-state index in [1.54, 1.807) is 6.92 Å². The molecule has 1 amide bonds. The lowest BCUT2D eigenvalue weighted by Crippen LogP contribution is -2.31. The van der Waals surface area contributed by atoms with E-state index in [0.717, 1.165) is 11.3 Å². The van der Waals surface area contributed by atoms with E-state index in [1.165, 1.54) is 17.0 Å². The molecule has 0 aliphatic carbocycles. The van der Waals surface area contributed by atoms with Crippen LogP contribution >= 0.6 is 0 Å². The standard InChI is InChI=1S/C17H19FN2O/c1-4-20(14-7-5-11(2)6-8-14)17(21)15-10-13(19)9-12(3)16(15)18/h5-10H,4,19H2,1-3H3. The van der Waals surface area contributed by atoms with Crippen LogP contribution in [-0.2, 0) is 0 Å². The molecule has 0 aliphatic rings. The van der Waals surface area contributed by atoms with E-state index in [0.29, 0.717) is 17.8 Å². The fourth-order valence-electron chi connectivity index (χ4n) is 2.27. The Hall–Kier alpha value is -2.36. The van der Waals surface area contributed by atoms with Crippen molar-refractivity contribution in [1.82, 2.24) is 0 Å². The molecular weight excluding hydrogens is 267 g/mol. The number of rotatable bonds is 3. The van der Waals surface area contributed by atoms with E-state index < -0.39 is 5.82 Å². The second-order valence-electron chi connectivity index (χ2n) is 5.08. The maximum Gasteiger partial charge on any atom is 0.261 e. The maximum atomic E-state index is 14.2. The van der Waals surface area contributed by atoms with Gasteiger partial charge >= 0.3 is 0 Å². The molecule has 0 fully saturated rings. The van der Waals surface area contributed by atoms with Crippen molar-refractivity contribution in [3.63, 3.8) is 0 Å². The zero-order chi connectivity index (χ0) is 15.6. The number of nitrogens with two attached hydrogens (primary N) is 1. The second kappa shape index (κ2) is 5.95. The molecule has 0 unspecified atom stereocenters. The summed E-state index contributed by atoms with van der Waals surface area (Å²) in [4.78, 5) is 14.2. The number of aryl methyl sites for hydroxylation is 2. The summed E-state index contributed by atoms with van der Waals surface area (Å²) < 4.78 is 14.2. The zero-order valence-electron chi connectivity index (χ0n) is 12.5. The summed E-state index contributed by atoms with van der Waals surface area (Å²) in [6.07, 6.45) is 0. The third-order valence-electron chi connectivity index (χ3n) is 3.41. The van der Waals surface area contributed by atoms with Crippen molar-refractivity contribution in [3.8, 4) is 0 Å². The largest absolute Gasteiger partial charge is 0.399 e. The number of nitrogen functional groups attached to an aromatic ring is 1. The predicted octanol–water partition coefficient (Wildman–Crippen LogP) is 3.69. The Labute approximate surface area is 124 Å². The van der Waals surface area contributed by atoms with E-state index in [9.17, 15) is 9.18 Å². The second-order valence-corrected chi connectivity index (χ2v) is 5.08. The molecule has 0 saturated carbocycles. The first-order chi connectivity index (χ1) is 9.93. The van der Waals surface area contributed by atoms with Crippen LogP contribution in [0.5, 0.6) is 0 Å². The van der Waals surface area contributed by atoms with Gasteiger partial charge in [-0.25, -0.2) is 4.39 Å². The van der Waals surface area contributed by atoms with Gasteiger partial charge in [0.2, 0.25) is 0 Å². The zero-order valence-corrected chi connectivity index (χ0v) is 12.5. The van der Waals surface area contributed by atoms with Gasteiger partial charge in [-0.05, 0) is 50.6 Å². The predicted molar refractivity (Wildman–Crippen MR) is 84.1 cm³/mol. The highest BCUT2D eigenvalue weighted by atomic mass is 19.1. The van der Waals surface area contributed by atoms with Crippen molar-refractivity contribution in [2.75, 3.05) is 17.2 Å². The smallest absolute Gasteiger partial charge is 0.261 e. The number of hydrogen-bond donors (Lipinski definition) is 1. The number of benzene rings is 2. The Kier molecular flexibility index (Phi) is 4.26. The lowest BCUT2D eigenvalue weighted by atomic mass is 10.1. The highest BCUT2D eigenvalue weighted by molar-refractivity contribution is 6.06. The minimum atomic E-state index is -0.514. The third kappa shape index (κ3) is 3.05. The summed E-state index contributed by atoms with van der Waals surface area (Å²) in [6.45, 7) is 5.89. The molecule has 0 heterocycles. The van der Waals surface area contributed by atoms with Crippen LogP contribution in [0.3, 0.4) is 0 Å². The van der Waals surface area contributed by atoms with Crippen LogP contribution in [0, 0.1) is 19.7 Å². The summed E-state index contributed by atoms with van der Waals surface area (Å²) in [5.41, 5.74) is 8.35. The van der Waals surface area contributed by atoms with Crippen LogP contribution in [-0.4, -0.2) is 12.5 Å². The average Bonchev–Trinajstić information content (AvgIpc) is 2.45. The number of carbonyl (C=O) groups is 1. The lowest BCUT2D eigenvalue weighted by Gasteiger charge is -2.22. The number of nitrogens with zero attached hydrogens (tertiary/aromatic N) is 1. The van der Waals surface area contributed by atoms with Crippen LogP contribution in [0.4, 0.5) is 15.8 Å². The van der Waals surface area contributed by atoms with Gasteiger partial charge in [0.25, 0.3) is 5.91 Å². The minimum Gasteiger partial charge on any atom is -0.399 e. The van der Waals surface area contributed by atoms with E-state index in [1.807, 2.05) is 38.1 Å². The minimum absolute atomic E-state index is 0.00919. The van der Waals surface area contributed by atoms with Gasteiger partial charge in [-0.3, -0.25) is 4.79 Å². The van der Waals surface area contributed by atoms with Crippen LogP contribution < -0.4 is 10.6 Å². The molecule has 0 saturated heterocycles. The molecule has 0 radical (unpaired) electrons. The van der Waals surface area contributed by atoms with Crippen molar-refractivity contribution in [2.45, 2.75) is 20.8 Å². The Morgan fingerprint density at radius 3 is 2.38 bits per heavy atom. The number of hydrogen-bond acceptors (Lipinski definition) is 2. The van der Waals surface area contributed by atoms with Gasteiger partial charge in [0, 0.05) is 17.9 Å². The van der Waals surface area contributed by atoms with Crippen molar-refractivity contribution in [3.05, 3.63) is 58.9 Å². The molecule has 2 rings (SSSR count). The molecule has 0 atom stereocenters. The van der Waals surface area contributed by atoms with Gasteiger partial charge < -0.3 is 10.6 Å². The van der Waals surface area contributed by atoms with Crippen LogP contribution in [0.25, 0.3) is 0 Å². The third-order valence-corrected chi connectivity index (χ3v) is 3.41. The Morgan fingerprint density at radius 1 is 1.19 bits per heavy atom.